The molecular weight excluding hydrogens is 454 g/mol. The van der Waals surface area contributed by atoms with E-state index in [2.05, 4.69) is 50.3 Å². The fraction of sp³-hybridized carbons (Fsp3) is 0.143. The van der Waals surface area contributed by atoms with Gasteiger partial charge in [0.1, 0.15) is 11.3 Å². The average Bonchev–Trinajstić information content (AvgIpc) is 3.49. The SMILES string of the molecule is C=C(Nc1ccccc1)c1ccc(Nc2nc(-c3cnc4cc(CC5COC5)ccn34)cs2)cc1. The van der Waals surface area contributed by atoms with Gasteiger partial charge in [0.05, 0.1) is 25.1 Å². The van der Waals surface area contributed by atoms with Crippen LogP contribution in [0.4, 0.5) is 16.5 Å². The van der Waals surface area contributed by atoms with E-state index >= 15 is 0 Å². The number of nitrogens with zero attached hydrogens (tertiary/aromatic N) is 3. The summed E-state index contributed by atoms with van der Waals surface area (Å²) in [4.78, 5) is 9.42. The van der Waals surface area contributed by atoms with E-state index in [4.69, 9.17) is 9.72 Å². The van der Waals surface area contributed by atoms with Crippen molar-refractivity contribution in [1.82, 2.24) is 14.4 Å². The molecular formula is C28H25N5OS. The van der Waals surface area contributed by atoms with Crippen LogP contribution in [0.3, 0.4) is 0 Å². The summed E-state index contributed by atoms with van der Waals surface area (Å²) in [6, 6.07) is 22.6. The van der Waals surface area contributed by atoms with Crippen molar-refractivity contribution in [2.75, 3.05) is 23.8 Å². The molecule has 0 spiro atoms. The molecule has 0 radical (unpaired) electrons. The lowest BCUT2D eigenvalue weighted by atomic mass is 9.99. The first-order chi connectivity index (χ1) is 17.2. The van der Waals surface area contributed by atoms with Crippen molar-refractivity contribution < 1.29 is 4.74 Å². The summed E-state index contributed by atoms with van der Waals surface area (Å²) in [5.74, 6) is 0.631. The number of imidazole rings is 1. The second-order valence-corrected chi connectivity index (χ2v) is 9.58. The maximum atomic E-state index is 5.30. The van der Waals surface area contributed by atoms with Crippen molar-refractivity contribution >= 4 is 39.2 Å². The Bertz CT molecular complexity index is 1470. The Kier molecular flexibility index (Phi) is 5.78. The molecule has 0 atom stereocenters. The average molecular weight is 480 g/mol. The summed E-state index contributed by atoms with van der Waals surface area (Å²) in [6.45, 7) is 5.89. The monoisotopic (exact) mass is 479 g/mol. The first-order valence-corrected chi connectivity index (χ1v) is 12.5. The van der Waals surface area contributed by atoms with Gasteiger partial charge in [-0.1, -0.05) is 36.9 Å². The number of hydrogen-bond donors (Lipinski definition) is 2. The second-order valence-electron chi connectivity index (χ2n) is 8.72. The highest BCUT2D eigenvalue weighted by molar-refractivity contribution is 7.14. The fourth-order valence-electron chi connectivity index (χ4n) is 4.17. The Morgan fingerprint density at radius 1 is 1.06 bits per heavy atom. The summed E-state index contributed by atoms with van der Waals surface area (Å²) >= 11 is 1.58. The van der Waals surface area contributed by atoms with Gasteiger partial charge in [0.15, 0.2) is 5.13 Å². The molecule has 4 heterocycles. The molecule has 1 aliphatic rings. The number of ether oxygens (including phenoxy) is 1. The lowest BCUT2D eigenvalue weighted by Crippen LogP contribution is -2.29. The van der Waals surface area contributed by atoms with Crippen molar-refractivity contribution in [3.63, 3.8) is 0 Å². The molecule has 2 aromatic carbocycles. The van der Waals surface area contributed by atoms with Crippen molar-refractivity contribution in [2.24, 2.45) is 5.92 Å². The van der Waals surface area contributed by atoms with E-state index in [0.29, 0.717) is 5.92 Å². The maximum Gasteiger partial charge on any atom is 0.187 e. The Labute approximate surface area is 208 Å². The van der Waals surface area contributed by atoms with Gasteiger partial charge in [-0.3, -0.25) is 4.40 Å². The van der Waals surface area contributed by atoms with Gasteiger partial charge in [0.2, 0.25) is 0 Å². The predicted molar refractivity (Wildman–Crippen MR) is 143 cm³/mol. The minimum absolute atomic E-state index is 0.631. The van der Waals surface area contributed by atoms with E-state index in [-0.39, 0.29) is 0 Å². The van der Waals surface area contributed by atoms with E-state index < -0.39 is 0 Å². The molecule has 2 N–H and O–H groups in total. The maximum absolute atomic E-state index is 5.30. The number of para-hydroxylation sites is 1. The van der Waals surface area contributed by atoms with Crippen LogP contribution in [0.5, 0.6) is 0 Å². The number of aromatic nitrogens is 3. The molecule has 0 saturated carbocycles. The van der Waals surface area contributed by atoms with Gasteiger partial charge in [-0.05, 0) is 53.9 Å². The summed E-state index contributed by atoms with van der Waals surface area (Å²) in [5, 5.41) is 9.65. The zero-order chi connectivity index (χ0) is 23.6. The molecule has 174 valence electrons. The minimum Gasteiger partial charge on any atom is -0.381 e. The molecule has 0 bridgehead atoms. The number of pyridine rings is 1. The van der Waals surface area contributed by atoms with E-state index in [9.17, 15) is 0 Å². The smallest absolute Gasteiger partial charge is 0.187 e. The van der Waals surface area contributed by atoms with Crippen LogP contribution >= 0.6 is 11.3 Å². The molecule has 6 nitrogen and oxygen atoms in total. The first-order valence-electron chi connectivity index (χ1n) is 11.6. The van der Waals surface area contributed by atoms with Crippen LogP contribution in [0.25, 0.3) is 22.7 Å². The highest BCUT2D eigenvalue weighted by Crippen LogP contribution is 2.29. The van der Waals surface area contributed by atoms with Crippen LogP contribution in [-0.4, -0.2) is 27.6 Å². The van der Waals surface area contributed by atoms with E-state index in [1.165, 1.54) is 5.56 Å². The second kappa shape index (κ2) is 9.37. The third-order valence-corrected chi connectivity index (χ3v) is 6.89. The van der Waals surface area contributed by atoms with Crippen molar-refractivity contribution in [1.29, 1.82) is 0 Å². The van der Waals surface area contributed by atoms with Crippen LogP contribution in [0.15, 0.2) is 91.1 Å². The first kappa shape index (κ1) is 21.6. The van der Waals surface area contributed by atoms with E-state index in [1.54, 1.807) is 11.3 Å². The summed E-state index contributed by atoms with van der Waals surface area (Å²) < 4.78 is 7.40. The van der Waals surface area contributed by atoms with E-state index in [1.807, 2.05) is 60.8 Å². The summed E-state index contributed by atoms with van der Waals surface area (Å²) in [6.07, 6.45) is 5.02. The Balaban J connectivity index is 1.13. The Hall–Kier alpha value is -3.94. The number of benzene rings is 2. The molecule has 1 aliphatic heterocycles. The Morgan fingerprint density at radius 2 is 1.89 bits per heavy atom. The highest BCUT2D eigenvalue weighted by Gasteiger charge is 2.19. The van der Waals surface area contributed by atoms with Crippen LogP contribution in [-0.2, 0) is 11.2 Å². The van der Waals surface area contributed by atoms with E-state index in [0.717, 1.165) is 64.4 Å². The summed E-state index contributed by atoms with van der Waals surface area (Å²) in [5.41, 5.74) is 8.03. The molecule has 35 heavy (non-hydrogen) atoms. The molecule has 7 heteroatoms. The fourth-order valence-corrected chi connectivity index (χ4v) is 4.89. The summed E-state index contributed by atoms with van der Waals surface area (Å²) in [7, 11) is 0. The third kappa shape index (κ3) is 4.69. The van der Waals surface area contributed by atoms with Crippen LogP contribution in [0.1, 0.15) is 11.1 Å². The highest BCUT2D eigenvalue weighted by atomic mass is 32.1. The van der Waals surface area contributed by atoms with Gasteiger partial charge < -0.3 is 15.4 Å². The normalized spacial score (nSPS) is 13.5. The zero-order valence-corrected chi connectivity index (χ0v) is 20.0. The molecule has 5 aromatic rings. The molecule has 3 aromatic heterocycles. The minimum atomic E-state index is 0.631. The van der Waals surface area contributed by atoms with Gasteiger partial charge >= 0.3 is 0 Å². The van der Waals surface area contributed by atoms with Crippen LogP contribution in [0.2, 0.25) is 0 Å². The Morgan fingerprint density at radius 3 is 2.66 bits per heavy atom. The number of fused-ring (bicyclic) bond motifs is 1. The molecule has 1 saturated heterocycles. The number of anilines is 3. The topological polar surface area (TPSA) is 63.5 Å². The van der Waals surface area contributed by atoms with Crippen LogP contribution in [0, 0.1) is 5.92 Å². The third-order valence-electron chi connectivity index (χ3n) is 6.13. The lowest BCUT2D eigenvalue weighted by Gasteiger charge is -2.25. The molecule has 0 unspecified atom stereocenters. The largest absolute Gasteiger partial charge is 0.381 e. The number of nitrogens with one attached hydrogen (secondary N) is 2. The molecule has 1 fully saturated rings. The van der Waals surface area contributed by atoms with Gasteiger partial charge in [0, 0.05) is 34.6 Å². The lowest BCUT2D eigenvalue weighted by molar-refractivity contribution is -0.0312. The number of rotatable bonds is 8. The van der Waals surface area contributed by atoms with Gasteiger partial charge in [0.25, 0.3) is 0 Å². The zero-order valence-electron chi connectivity index (χ0n) is 19.1. The number of thiazole rings is 1. The molecule has 6 rings (SSSR count). The van der Waals surface area contributed by atoms with Crippen LogP contribution < -0.4 is 10.6 Å². The van der Waals surface area contributed by atoms with Crippen molar-refractivity contribution in [2.45, 2.75) is 6.42 Å². The predicted octanol–water partition coefficient (Wildman–Crippen LogP) is 6.47. The van der Waals surface area contributed by atoms with Gasteiger partial charge in [-0.15, -0.1) is 11.3 Å². The van der Waals surface area contributed by atoms with Crippen molar-refractivity contribution in [3.8, 4) is 11.4 Å². The number of hydrogen-bond acceptors (Lipinski definition) is 6. The van der Waals surface area contributed by atoms with Gasteiger partial charge in [-0.25, -0.2) is 9.97 Å². The quantitative estimate of drug-likeness (QED) is 0.267. The van der Waals surface area contributed by atoms with Gasteiger partial charge in [-0.2, -0.15) is 0 Å². The standard InChI is InChI=1S/C28H25N5OS/c1-19(30-23-5-3-2-4-6-23)22-7-9-24(10-8-22)31-28-32-25(18-35-28)26-15-29-27-14-20(11-12-33(26)27)13-21-16-34-17-21/h2-12,14-15,18,21,30H,1,13,16-17H2,(H,31,32). The molecule has 0 amide bonds. The molecule has 0 aliphatic carbocycles. The van der Waals surface area contributed by atoms with Crippen molar-refractivity contribution in [3.05, 3.63) is 102 Å².